The Kier molecular flexibility index (Phi) is 3.32. The highest BCUT2D eigenvalue weighted by atomic mass is 16.5. The molecule has 1 amide bonds. The summed E-state index contributed by atoms with van der Waals surface area (Å²) >= 11 is 0. The Balaban J connectivity index is 1.78. The van der Waals surface area contributed by atoms with Crippen molar-refractivity contribution < 1.29 is 18.9 Å². The van der Waals surface area contributed by atoms with Gasteiger partial charge in [-0.3, -0.25) is 14.4 Å². The fourth-order valence-electron chi connectivity index (χ4n) is 2.90. The van der Waals surface area contributed by atoms with Crippen molar-refractivity contribution in [2.24, 2.45) is 0 Å². The number of ketones is 2. The van der Waals surface area contributed by atoms with Crippen LogP contribution in [0.5, 0.6) is 0 Å². The fourth-order valence-corrected chi connectivity index (χ4v) is 2.90. The van der Waals surface area contributed by atoms with Gasteiger partial charge in [-0.1, -0.05) is 41.6 Å². The third kappa shape index (κ3) is 2.35. The highest BCUT2D eigenvalue weighted by Gasteiger charge is 2.31. The average Bonchev–Trinajstić information content (AvgIpc) is 3.06. The number of anilines is 1. The molecule has 0 radical (unpaired) electrons. The van der Waals surface area contributed by atoms with Crippen LogP contribution in [-0.4, -0.2) is 22.6 Å². The third-order valence-corrected chi connectivity index (χ3v) is 4.05. The number of aryl methyl sites for hydroxylation is 1. The standard InChI is InChI=1S/C19H12N2O4/c1-10-9-15(25-21-10)19(24)20-14-8-4-7-13-16(14)18(23)12-6-3-2-5-11(12)17(13)22/h2-9H,1H3,(H,20,24). The number of hydrogen-bond donors (Lipinski definition) is 1. The van der Waals surface area contributed by atoms with Crippen molar-refractivity contribution in [1.82, 2.24) is 5.16 Å². The smallest absolute Gasteiger partial charge is 0.294 e. The molecule has 3 aromatic rings. The molecular weight excluding hydrogens is 320 g/mol. The van der Waals surface area contributed by atoms with Crippen molar-refractivity contribution in [2.75, 3.05) is 5.32 Å². The van der Waals surface area contributed by atoms with Crippen LogP contribution in [0, 0.1) is 6.92 Å². The number of carbonyl (C=O) groups is 3. The van der Waals surface area contributed by atoms with E-state index < -0.39 is 5.91 Å². The number of aromatic nitrogens is 1. The zero-order valence-electron chi connectivity index (χ0n) is 13.2. The normalized spacial score (nSPS) is 12.5. The first-order valence-corrected chi connectivity index (χ1v) is 7.62. The summed E-state index contributed by atoms with van der Waals surface area (Å²) in [5.74, 6) is -1.04. The summed E-state index contributed by atoms with van der Waals surface area (Å²) in [5, 5.41) is 6.30. The van der Waals surface area contributed by atoms with Gasteiger partial charge in [-0.05, 0) is 13.0 Å². The maximum absolute atomic E-state index is 12.9. The van der Waals surface area contributed by atoms with Crippen LogP contribution in [0.15, 0.2) is 53.1 Å². The van der Waals surface area contributed by atoms with Crippen LogP contribution in [0.3, 0.4) is 0 Å². The van der Waals surface area contributed by atoms with Gasteiger partial charge in [0.05, 0.1) is 16.9 Å². The first-order valence-electron chi connectivity index (χ1n) is 7.62. The molecule has 6 nitrogen and oxygen atoms in total. The van der Waals surface area contributed by atoms with Crippen molar-refractivity contribution in [2.45, 2.75) is 6.92 Å². The first-order chi connectivity index (χ1) is 12.1. The maximum atomic E-state index is 12.9. The minimum Gasteiger partial charge on any atom is -0.351 e. The van der Waals surface area contributed by atoms with Gasteiger partial charge in [-0.15, -0.1) is 0 Å². The van der Waals surface area contributed by atoms with Crippen molar-refractivity contribution in [3.63, 3.8) is 0 Å². The van der Waals surface area contributed by atoms with Gasteiger partial charge in [0.25, 0.3) is 5.91 Å². The van der Waals surface area contributed by atoms with E-state index >= 15 is 0 Å². The van der Waals surface area contributed by atoms with Crippen molar-refractivity contribution in [3.05, 3.63) is 82.2 Å². The van der Waals surface area contributed by atoms with E-state index in [-0.39, 0.29) is 34.1 Å². The second kappa shape index (κ2) is 5.52. The molecule has 0 atom stereocenters. The predicted molar refractivity (Wildman–Crippen MR) is 88.9 cm³/mol. The van der Waals surface area contributed by atoms with Crippen LogP contribution in [0.1, 0.15) is 48.1 Å². The van der Waals surface area contributed by atoms with E-state index in [9.17, 15) is 14.4 Å². The van der Waals surface area contributed by atoms with Gasteiger partial charge < -0.3 is 9.84 Å². The number of benzene rings is 2. The van der Waals surface area contributed by atoms with Crippen LogP contribution in [0.2, 0.25) is 0 Å². The Bertz CT molecular complexity index is 1050. The second-order valence-corrected chi connectivity index (χ2v) is 5.72. The molecule has 122 valence electrons. The molecule has 0 aliphatic heterocycles. The van der Waals surface area contributed by atoms with E-state index in [4.69, 9.17) is 4.52 Å². The van der Waals surface area contributed by atoms with E-state index in [2.05, 4.69) is 10.5 Å². The topological polar surface area (TPSA) is 89.3 Å². The van der Waals surface area contributed by atoms with Gasteiger partial charge in [-0.25, -0.2) is 0 Å². The summed E-state index contributed by atoms with van der Waals surface area (Å²) in [5.41, 5.74) is 2.00. The number of nitrogens with zero attached hydrogens (tertiary/aromatic N) is 1. The first kappa shape index (κ1) is 15.0. The Morgan fingerprint density at radius 3 is 2.32 bits per heavy atom. The minimum absolute atomic E-state index is 0.0325. The molecule has 1 N–H and O–H groups in total. The molecule has 0 spiro atoms. The van der Waals surface area contributed by atoms with Gasteiger partial charge >= 0.3 is 0 Å². The summed E-state index contributed by atoms with van der Waals surface area (Å²) in [4.78, 5) is 37.8. The molecule has 2 aromatic carbocycles. The largest absolute Gasteiger partial charge is 0.351 e. The lowest BCUT2D eigenvalue weighted by molar-refractivity contribution is 0.0975. The lowest BCUT2D eigenvalue weighted by Gasteiger charge is -2.20. The lowest BCUT2D eigenvalue weighted by Crippen LogP contribution is -2.23. The van der Waals surface area contributed by atoms with Gasteiger partial charge in [0.1, 0.15) is 0 Å². The molecule has 1 aromatic heterocycles. The number of nitrogens with one attached hydrogen (secondary N) is 1. The van der Waals surface area contributed by atoms with E-state index in [1.807, 2.05) is 0 Å². The maximum Gasteiger partial charge on any atom is 0.294 e. The second-order valence-electron chi connectivity index (χ2n) is 5.72. The van der Waals surface area contributed by atoms with Gasteiger partial charge in [0.2, 0.25) is 5.76 Å². The molecule has 1 heterocycles. The van der Waals surface area contributed by atoms with Crippen LogP contribution >= 0.6 is 0 Å². The summed E-state index contributed by atoms with van der Waals surface area (Å²) in [6, 6.07) is 12.9. The van der Waals surface area contributed by atoms with E-state index in [1.54, 1.807) is 49.4 Å². The molecule has 0 fully saturated rings. The Hall–Kier alpha value is -3.54. The highest BCUT2D eigenvalue weighted by molar-refractivity contribution is 6.30. The highest BCUT2D eigenvalue weighted by Crippen LogP contribution is 2.32. The van der Waals surface area contributed by atoms with E-state index in [1.165, 1.54) is 6.07 Å². The van der Waals surface area contributed by atoms with E-state index in [0.717, 1.165) is 0 Å². The number of amides is 1. The number of hydrogen-bond acceptors (Lipinski definition) is 5. The zero-order valence-corrected chi connectivity index (χ0v) is 13.2. The average molecular weight is 332 g/mol. The SMILES string of the molecule is Cc1cc(C(=O)Nc2cccc3c2C(=O)c2ccccc2C3=O)on1. The molecule has 1 aliphatic rings. The molecule has 0 unspecified atom stereocenters. The number of carbonyl (C=O) groups excluding carboxylic acids is 3. The van der Waals surface area contributed by atoms with Crippen LogP contribution in [0.25, 0.3) is 0 Å². The molecular formula is C19H12N2O4. The minimum atomic E-state index is -0.534. The van der Waals surface area contributed by atoms with Crippen LogP contribution in [-0.2, 0) is 0 Å². The number of fused-ring (bicyclic) bond motifs is 2. The number of rotatable bonds is 2. The Labute approximate surface area is 142 Å². The van der Waals surface area contributed by atoms with Crippen molar-refractivity contribution >= 4 is 23.2 Å². The summed E-state index contributed by atoms with van der Waals surface area (Å²) in [6.45, 7) is 1.70. The molecule has 1 aliphatic carbocycles. The monoisotopic (exact) mass is 332 g/mol. The predicted octanol–water partition coefficient (Wildman–Crippen LogP) is 3.01. The zero-order chi connectivity index (χ0) is 17.6. The Morgan fingerprint density at radius 1 is 0.960 bits per heavy atom. The van der Waals surface area contributed by atoms with Crippen molar-refractivity contribution in [1.29, 1.82) is 0 Å². The summed E-state index contributed by atoms with van der Waals surface area (Å²) in [7, 11) is 0. The molecule has 0 saturated heterocycles. The quantitative estimate of drug-likeness (QED) is 0.609. The molecule has 25 heavy (non-hydrogen) atoms. The van der Waals surface area contributed by atoms with Gasteiger partial charge in [0.15, 0.2) is 11.6 Å². The molecule has 6 heteroatoms. The summed E-state index contributed by atoms with van der Waals surface area (Å²) in [6.07, 6.45) is 0. The molecule has 4 rings (SSSR count). The van der Waals surface area contributed by atoms with Crippen LogP contribution < -0.4 is 5.32 Å². The lowest BCUT2D eigenvalue weighted by atomic mass is 9.83. The summed E-state index contributed by atoms with van der Waals surface area (Å²) < 4.78 is 4.93. The van der Waals surface area contributed by atoms with Crippen LogP contribution in [0.4, 0.5) is 5.69 Å². The molecule has 0 bridgehead atoms. The molecule has 0 saturated carbocycles. The Morgan fingerprint density at radius 2 is 1.64 bits per heavy atom. The van der Waals surface area contributed by atoms with Gasteiger partial charge in [0, 0.05) is 22.8 Å². The third-order valence-electron chi connectivity index (χ3n) is 4.05. The fraction of sp³-hybridized carbons (Fsp3) is 0.0526. The van der Waals surface area contributed by atoms with Crippen molar-refractivity contribution in [3.8, 4) is 0 Å². The van der Waals surface area contributed by atoms with E-state index in [0.29, 0.717) is 16.8 Å². The van der Waals surface area contributed by atoms with Gasteiger partial charge in [-0.2, -0.15) is 0 Å².